The van der Waals surface area contributed by atoms with Gasteiger partial charge in [-0.05, 0) is 148 Å². The first kappa shape index (κ1) is 40.1. The molecular weight excluding hydrogens is 831 g/mol. The Morgan fingerprint density at radius 2 is 0.725 bits per heavy atom. The van der Waals surface area contributed by atoms with Crippen molar-refractivity contribution in [2.24, 2.45) is 0 Å². The standard InChI is InChI=1S/C68H51N/c1-67(2)59-33-15-13-30-57(59)62-51(31-18-34-60(62)67)56-38-37-48(65-63-52-26-8-10-28-54(52)64(66(56)65)55-29-11-9-27-53(55)63)44-22-17-24-46(40-44)69(45-23-16-21-43(39-45)42-19-6-5-7-20-42)47-35-36-50-49-25-12-14-32-58(49)68(3,4)61(50)41-47/h5-41,63-64H,1-4H3. The van der Waals surface area contributed by atoms with Crippen LogP contribution in [0.5, 0.6) is 0 Å². The molecule has 15 rings (SSSR count). The summed E-state index contributed by atoms with van der Waals surface area (Å²) in [6.45, 7) is 9.54. The van der Waals surface area contributed by atoms with Crippen molar-refractivity contribution in [3.8, 4) is 55.6 Å². The highest BCUT2D eigenvalue weighted by Crippen LogP contribution is 2.62. The zero-order chi connectivity index (χ0) is 46.2. The second-order valence-electron chi connectivity index (χ2n) is 20.7. The van der Waals surface area contributed by atoms with Crippen LogP contribution in [0.15, 0.2) is 224 Å². The molecule has 0 amide bonds. The summed E-state index contributed by atoms with van der Waals surface area (Å²) in [5.74, 6) is 0.197. The molecule has 69 heavy (non-hydrogen) atoms. The Morgan fingerprint density at radius 3 is 1.41 bits per heavy atom. The zero-order valence-corrected chi connectivity index (χ0v) is 39.5. The second-order valence-corrected chi connectivity index (χ2v) is 20.7. The van der Waals surface area contributed by atoms with E-state index in [9.17, 15) is 0 Å². The average Bonchev–Trinajstić information content (AvgIpc) is 3.78. The van der Waals surface area contributed by atoms with Crippen LogP contribution in [0.4, 0.5) is 17.1 Å². The molecule has 0 heterocycles. The highest BCUT2D eigenvalue weighted by molar-refractivity contribution is 5.97. The van der Waals surface area contributed by atoms with Gasteiger partial charge < -0.3 is 4.90 Å². The Labute approximate surface area is 406 Å². The maximum Gasteiger partial charge on any atom is 0.0467 e. The minimum atomic E-state index is -0.134. The van der Waals surface area contributed by atoms with E-state index in [1.54, 1.807) is 0 Å². The van der Waals surface area contributed by atoms with Gasteiger partial charge >= 0.3 is 0 Å². The van der Waals surface area contributed by atoms with Gasteiger partial charge in [0.25, 0.3) is 0 Å². The van der Waals surface area contributed by atoms with Gasteiger partial charge in [-0.2, -0.15) is 0 Å². The molecule has 5 aliphatic rings. The predicted molar refractivity (Wildman–Crippen MR) is 287 cm³/mol. The second kappa shape index (κ2) is 14.7. The van der Waals surface area contributed by atoms with Crippen LogP contribution >= 0.6 is 0 Å². The number of nitrogens with zero attached hydrogens (tertiary/aromatic N) is 1. The van der Waals surface area contributed by atoms with E-state index in [4.69, 9.17) is 0 Å². The number of benzene rings is 10. The average molecular weight is 882 g/mol. The SMILES string of the molecule is CC1(C)c2ccccc2-c2ccc(N(c3cccc(-c4ccccc4)c3)c3cccc(-c4ccc(-c5cccc6c5-c5ccccc5C6(C)C)c5c4C4c6ccccc6C5c5ccccc54)c3)cc21. The van der Waals surface area contributed by atoms with Gasteiger partial charge in [0.2, 0.25) is 0 Å². The summed E-state index contributed by atoms with van der Waals surface area (Å²) in [6.07, 6.45) is 0. The van der Waals surface area contributed by atoms with E-state index in [0.29, 0.717) is 0 Å². The molecule has 2 bridgehead atoms. The lowest BCUT2D eigenvalue weighted by Gasteiger charge is -2.44. The number of rotatable bonds is 6. The molecule has 5 aliphatic carbocycles. The summed E-state index contributed by atoms with van der Waals surface area (Å²) in [6, 6.07) is 85.0. The molecule has 0 aliphatic heterocycles. The van der Waals surface area contributed by atoms with Crippen molar-refractivity contribution in [3.63, 3.8) is 0 Å². The molecular formula is C68H51N. The van der Waals surface area contributed by atoms with Gasteiger partial charge in [-0.25, -0.2) is 0 Å². The molecule has 0 unspecified atom stereocenters. The van der Waals surface area contributed by atoms with Gasteiger partial charge in [0, 0.05) is 39.7 Å². The van der Waals surface area contributed by atoms with Crippen molar-refractivity contribution in [1.29, 1.82) is 0 Å². The third-order valence-corrected chi connectivity index (χ3v) is 16.5. The van der Waals surface area contributed by atoms with Gasteiger partial charge in [0.15, 0.2) is 0 Å². The van der Waals surface area contributed by atoms with Crippen LogP contribution in [-0.2, 0) is 10.8 Å². The molecule has 328 valence electrons. The van der Waals surface area contributed by atoms with Crippen molar-refractivity contribution in [2.75, 3.05) is 4.90 Å². The minimum Gasteiger partial charge on any atom is -0.310 e. The highest BCUT2D eigenvalue weighted by Gasteiger charge is 2.45. The topological polar surface area (TPSA) is 3.24 Å². The van der Waals surface area contributed by atoms with E-state index in [2.05, 4.69) is 257 Å². The molecule has 0 fully saturated rings. The van der Waals surface area contributed by atoms with Crippen LogP contribution in [0.1, 0.15) is 95.2 Å². The molecule has 10 aromatic carbocycles. The Morgan fingerprint density at radius 1 is 0.290 bits per heavy atom. The summed E-state index contributed by atoms with van der Waals surface area (Å²) in [7, 11) is 0. The van der Waals surface area contributed by atoms with Gasteiger partial charge in [0.1, 0.15) is 0 Å². The van der Waals surface area contributed by atoms with Crippen LogP contribution in [-0.4, -0.2) is 0 Å². The number of anilines is 3. The number of hydrogen-bond donors (Lipinski definition) is 0. The zero-order valence-electron chi connectivity index (χ0n) is 39.5. The molecule has 0 saturated heterocycles. The largest absolute Gasteiger partial charge is 0.310 e. The maximum atomic E-state index is 2.49. The van der Waals surface area contributed by atoms with Crippen molar-refractivity contribution < 1.29 is 0 Å². The third-order valence-electron chi connectivity index (χ3n) is 16.5. The summed E-state index contributed by atoms with van der Waals surface area (Å²) in [4.78, 5) is 2.49. The fourth-order valence-corrected chi connectivity index (χ4v) is 13.3. The van der Waals surface area contributed by atoms with Gasteiger partial charge in [-0.3, -0.25) is 0 Å². The van der Waals surface area contributed by atoms with Crippen LogP contribution in [0.2, 0.25) is 0 Å². The lowest BCUT2D eigenvalue weighted by Crippen LogP contribution is -2.28. The van der Waals surface area contributed by atoms with E-state index in [-0.39, 0.29) is 22.7 Å². The molecule has 10 aromatic rings. The van der Waals surface area contributed by atoms with E-state index in [1.165, 1.54) is 111 Å². The number of hydrogen-bond acceptors (Lipinski definition) is 1. The molecule has 0 aromatic heterocycles. The minimum absolute atomic E-state index is 0.0916. The molecule has 1 heteroatoms. The Balaban J connectivity index is 0.998. The van der Waals surface area contributed by atoms with E-state index in [1.807, 2.05) is 0 Å². The van der Waals surface area contributed by atoms with E-state index in [0.717, 1.165) is 17.1 Å². The quantitative estimate of drug-likeness (QED) is 0.161. The maximum absolute atomic E-state index is 2.49. The van der Waals surface area contributed by atoms with Gasteiger partial charge in [0.05, 0.1) is 0 Å². The van der Waals surface area contributed by atoms with Crippen molar-refractivity contribution in [2.45, 2.75) is 50.4 Å². The van der Waals surface area contributed by atoms with Crippen LogP contribution in [0.3, 0.4) is 0 Å². The predicted octanol–water partition coefficient (Wildman–Crippen LogP) is 17.8. The highest BCUT2D eigenvalue weighted by atomic mass is 15.1. The lowest BCUT2D eigenvalue weighted by molar-refractivity contribution is 0.660. The van der Waals surface area contributed by atoms with Crippen LogP contribution in [0, 0.1) is 0 Å². The Bertz CT molecular complexity index is 3710. The molecule has 0 atom stereocenters. The van der Waals surface area contributed by atoms with E-state index < -0.39 is 0 Å². The lowest BCUT2D eigenvalue weighted by atomic mass is 9.58. The molecule has 1 nitrogen and oxygen atoms in total. The fraction of sp³-hybridized carbons (Fsp3) is 0.118. The van der Waals surface area contributed by atoms with Gasteiger partial charge in [-0.15, -0.1) is 0 Å². The molecule has 0 N–H and O–H groups in total. The molecule has 0 saturated carbocycles. The smallest absolute Gasteiger partial charge is 0.0467 e. The summed E-state index contributed by atoms with van der Waals surface area (Å²) in [5, 5.41) is 0. The van der Waals surface area contributed by atoms with Crippen LogP contribution < -0.4 is 4.90 Å². The first-order valence-corrected chi connectivity index (χ1v) is 24.7. The third kappa shape index (κ3) is 5.71. The fourth-order valence-electron chi connectivity index (χ4n) is 13.3. The van der Waals surface area contributed by atoms with Crippen molar-refractivity contribution in [3.05, 3.63) is 280 Å². The van der Waals surface area contributed by atoms with Crippen molar-refractivity contribution >= 4 is 17.1 Å². The first-order valence-electron chi connectivity index (χ1n) is 24.7. The number of fused-ring (bicyclic) bond motifs is 6. The first-order chi connectivity index (χ1) is 33.8. The van der Waals surface area contributed by atoms with Crippen molar-refractivity contribution in [1.82, 2.24) is 0 Å². The normalized spacial score (nSPS) is 16.6. The van der Waals surface area contributed by atoms with Crippen LogP contribution in [0.25, 0.3) is 55.6 Å². The molecule has 0 spiro atoms. The van der Waals surface area contributed by atoms with Gasteiger partial charge in [-0.1, -0.05) is 216 Å². The summed E-state index contributed by atoms with van der Waals surface area (Å²) < 4.78 is 0. The monoisotopic (exact) mass is 881 g/mol. The molecule has 0 radical (unpaired) electrons. The summed E-state index contributed by atoms with van der Waals surface area (Å²) >= 11 is 0. The Kier molecular flexibility index (Phi) is 8.57. The van der Waals surface area contributed by atoms with E-state index >= 15 is 0 Å². The Hall–Kier alpha value is -8.00. The summed E-state index contributed by atoms with van der Waals surface area (Å²) in [5.41, 5.74) is 30.3.